The monoisotopic (exact) mass is 378 g/mol. The average molecular weight is 379 g/mol. The van der Waals surface area contributed by atoms with Gasteiger partial charge in [-0.3, -0.25) is 0 Å². The standard InChI is InChI=1S/C14H20BrFN2O2S/c1-14(2)6-3-7-17-13(14)9-18-21(19,20)12-5-4-10(15)8-11(12)16/h4-5,8,13,17-18H,3,6-7,9H2,1-2H3. The quantitative estimate of drug-likeness (QED) is 0.846. The van der Waals surface area contributed by atoms with Crippen LogP contribution in [0.5, 0.6) is 0 Å². The predicted octanol–water partition coefficient (Wildman–Crippen LogP) is 2.64. The van der Waals surface area contributed by atoms with Crippen LogP contribution in [-0.2, 0) is 10.0 Å². The van der Waals surface area contributed by atoms with E-state index in [-0.39, 0.29) is 22.9 Å². The van der Waals surface area contributed by atoms with Crippen molar-refractivity contribution >= 4 is 26.0 Å². The van der Waals surface area contributed by atoms with E-state index >= 15 is 0 Å². The summed E-state index contributed by atoms with van der Waals surface area (Å²) in [6.45, 7) is 5.35. The summed E-state index contributed by atoms with van der Waals surface area (Å²) in [6, 6.07) is 3.97. The zero-order valence-corrected chi connectivity index (χ0v) is 14.5. The molecule has 4 nitrogen and oxygen atoms in total. The Hall–Kier alpha value is -0.500. The molecule has 1 aliphatic rings. The van der Waals surface area contributed by atoms with Gasteiger partial charge in [0, 0.05) is 17.1 Å². The molecule has 0 saturated carbocycles. The van der Waals surface area contributed by atoms with Crippen molar-refractivity contribution < 1.29 is 12.8 Å². The molecule has 7 heteroatoms. The largest absolute Gasteiger partial charge is 0.312 e. The highest BCUT2D eigenvalue weighted by atomic mass is 79.9. The summed E-state index contributed by atoms with van der Waals surface area (Å²) in [7, 11) is -3.84. The summed E-state index contributed by atoms with van der Waals surface area (Å²) in [5, 5.41) is 3.33. The van der Waals surface area contributed by atoms with Gasteiger partial charge < -0.3 is 5.32 Å². The molecule has 1 fully saturated rings. The number of sulfonamides is 1. The fourth-order valence-electron chi connectivity index (χ4n) is 2.58. The molecule has 2 rings (SSSR count). The van der Waals surface area contributed by atoms with Crippen LogP contribution in [0.25, 0.3) is 0 Å². The fourth-order valence-corrected chi connectivity index (χ4v) is 4.02. The minimum absolute atomic E-state index is 0.0129. The number of hydrogen-bond donors (Lipinski definition) is 2. The van der Waals surface area contributed by atoms with E-state index in [1.807, 2.05) is 0 Å². The number of nitrogens with one attached hydrogen (secondary N) is 2. The first-order valence-corrected chi connectivity index (χ1v) is 9.18. The van der Waals surface area contributed by atoms with Gasteiger partial charge in [-0.05, 0) is 43.0 Å². The summed E-state index contributed by atoms with van der Waals surface area (Å²) >= 11 is 3.11. The normalized spacial score (nSPS) is 22.2. The van der Waals surface area contributed by atoms with E-state index in [9.17, 15) is 12.8 Å². The highest BCUT2D eigenvalue weighted by Gasteiger charge is 2.33. The molecular formula is C14H20BrFN2O2S. The first-order valence-electron chi connectivity index (χ1n) is 6.90. The number of piperidine rings is 1. The Morgan fingerprint density at radius 2 is 2.19 bits per heavy atom. The highest BCUT2D eigenvalue weighted by Crippen LogP contribution is 2.30. The van der Waals surface area contributed by atoms with Gasteiger partial charge in [-0.1, -0.05) is 29.8 Å². The molecule has 2 N–H and O–H groups in total. The van der Waals surface area contributed by atoms with E-state index in [2.05, 4.69) is 39.8 Å². The number of halogens is 2. The van der Waals surface area contributed by atoms with Gasteiger partial charge in [0.2, 0.25) is 10.0 Å². The van der Waals surface area contributed by atoms with Crippen molar-refractivity contribution in [3.63, 3.8) is 0 Å². The van der Waals surface area contributed by atoms with Gasteiger partial charge in [0.05, 0.1) is 0 Å². The molecule has 21 heavy (non-hydrogen) atoms. The third-order valence-corrected chi connectivity index (χ3v) is 5.94. The maximum atomic E-state index is 13.8. The lowest BCUT2D eigenvalue weighted by molar-refractivity contribution is 0.181. The lowest BCUT2D eigenvalue weighted by atomic mass is 9.78. The summed E-state index contributed by atoms with van der Waals surface area (Å²) in [6.07, 6.45) is 2.12. The van der Waals surface area contributed by atoms with Crippen LogP contribution in [0.1, 0.15) is 26.7 Å². The second-order valence-electron chi connectivity index (χ2n) is 6.03. The molecule has 1 saturated heterocycles. The molecule has 1 aromatic carbocycles. The lowest BCUT2D eigenvalue weighted by Gasteiger charge is -2.39. The van der Waals surface area contributed by atoms with Crippen LogP contribution >= 0.6 is 15.9 Å². The SMILES string of the molecule is CC1(C)CCCNC1CNS(=O)(=O)c1ccc(Br)cc1F. The molecule has 0 aromatic heterocycles. The average Bonchev–Trinajstić information content (AvgIpc) is 2.36. The van der Waals surface area contributed by atoms with Crippen LogP contribution in [0, 0.1) is 11.2 Å². The van der Waals surface area contributed by atoms with Crippen molar-refractivity contribution in [2.24, 2.45) is 5.41 Å². The molecule has 1 aromatic rings. The first kappa shape index (κ1) is 16.9. The van der Waals surface area contributed by atoms with Gasteiger partial charge in [0.25, 0.3) is 0 Å². The van der Waals surface area contributed by atoms with Crippen LogP contribution in [-0.4, -0.2) is 27.5 Å². The highest BCUT2D eigenvalue weighted by molar-refractivity contribution is 9.10. The van der Waals surface area contributed by atoms with E-state index < -0.39 is 15.8 Å². The van der Waals surface area contributed by atoms with Gasteiger partial charge in [-0.2, -0.15) is 0 Å². The van der Waals surface area contributed by atoms with Crippen LogP contribution in [0.15, 0.2) is 27.6 Å². The van der Waals surface area contributed by atoms with Gasteiger partial charge in [0.1, 0.15) is 10.7 Å². The predicted molar refractivity (Wildman–Crippen MR) is 84.1 cm³/mol. The number of rotatable bonds is 4. The minimum atomic E-state index is -3.84. The van der Waals surface area contributed by atoms with Crippen molar-refractivity contribution in [1.82, 2.24) is 10.0 Å². The van der Waals surface area contributed by atoms with Crippen LogP contribution in [0.3, 0.4) is 0 Å². The fraction of sp³-hybridized carbons (Fsp3) is 0.571. The number of benzene rings is 1. The van der Waals surface area contributed by atoms with E-state index in [0.717, 1.165) is 25.5 Å². The Morgan fingerprint density at radius 3 is 2.81 bits per heavy atom. The van der Waals surface area contributed by atoms with Crippen molar-refractivity contribution in [2.75, 3.05) is 13.1 Å². The topological polar surface area (TPSA) is 58.2 Å². The van der Waals surface area contributed by atoms with E-state index in [1.165, 1.54) is 12.1 Å². The second kappa shape index (κ2) is 6.32. The molecule has 0 radical (unpaired) electrons. The van der Waals surface area contributed by atoms with Gasteiger partial charge in [0.15, 0.2) is 0 Å². The molecule has 1 atom stereocenters. The summed E-state index contributed by atoms with van der Waals surface area (Å²) in [5.41, 5.74) is 0.0129. The Balaban J connectivity index is 2.11. The smallest absolute Gasteiger partial charge is 0.243 e. The summed E-state index contributed by atoms with van der Waals surface area (Å²) < 4.78 is 41.3. The maximum absolute atomic E-state index is 13.8. The minimum Gasteiger partial charge on any atom is -0.312 e. The molecule has 118 valence electrons. The molecular weight excluding hydrogens is 359 g/mol. The third kappa shape index (κ3) is 4.03. The molecule has 1 heterocycles. The summed E-state index contributed by atoms with van der Waals surface area (Å²) in [4.78, 5) is -0.320. The Morgan fingerprint density at radius 1 is 1.48 bits per heavy atom. The zero-order valence-electron chi connectivity index (χ0n) is 12.1. The van der Waals surface area contributed by atoms with Crippen molar-refractivity contribution in [3.8, 4) is 0 Å². The van der Waals surface area contributed by atoms with Crippen LogP contribution in [0.4, 0.5) is 4.39 Å². The maximum Gasteiger partial charge on any atom is 0.243 e. The van der Waals surface area contributed by atoms with Crippen LogP contribution in [0.2, 0.25) is 0 Å². The molecule has 0 aliphatic carbocycles. The molecule has 1 aliphatic heterocycles. The van der Waals surface area contributed by atoms with Gasteiger partial charge in [-0.25, -0.2) is 17.5 Å². The lowest BCUT2D eigenvalue weighted by Crippen LogP contribution is -2.52. The second-order valence-corrected chi connectivity index (χ2v) is 8.68. The molecule has 0 spiro atoms. The molecule has 0 bridgehead atoms. The van der Waals surface area contributed by atoms with E-state index in [0.29, 0.717) is 4.47 Å². The Bertz CT molecular complexity index is 619. The molecule has 1 unspecified atom stereocenters. The third-order valence-electron chi connectivity index (χ3n) is 3.99. The van der Waals surface area contributed by atoms with Crippen molar-refractivity contribution in [1.29, 1.82) is 0 Å². The molecule has 0 amide bonds. The zero-order chi connectivity index (χ0) is 15.7. The van der Waals surface area contributed by atoms with Crippen LogP contribution < -0.4 is 10.0 Å². The van der Waals surface area contributed by atoms with E-state index in [4.69, 9.17) is 0 Å². The van der Waals surface area contributed by atoms with Gasteiger partial charge >= 0.3 is 0 Å². The van der Waals surface area contributed by atoms with Crippen molar-refractivity contribution in [2.45, 2.75) is 37.6 Å². The summed E-state index contributed by atoms with van der Waals surface area (Å²) in [5.74, 6) is -0.757. The Labute approximate surface area is 133 Å². The van der Waals surface area contributed by atoms with Crippen molar-refractivity contribution in [3.05, 3.63) is 28.5 Å². The van der Waals surface area contributed by atoms with Gasteiger partial charge in [-0.15, -0.1) is 0 Å². The Kier molecular flexibility index (Phi) is 5.07. The first-order chi connectivity index (χ1) is 9.72. The number of hydrogen-bond acceptors (Lipinski definition) is 3. The van der Waals surface area contributed by atoms with E-state index in [1.54, 1.807) is 0 Å².